The third-order valence-corrected chi connectivity index (χ3v) is 4.90. The molecule has 0 fully saturated rings. The molecule has 1 N–H and O–H groups in total. The Bertz CT molecular complexity index is 783. The SMILES string of the molecule is COc1ccc(S(=O)(=O)Nc2ccc(F)cc2Cl)cc1Br. The van der Waals surface area contributed by atoms with E-state index in [1.807, 2.05) is 0 Å². The summed E-state index contributed by atoms with van der Waals surface area (Å²) in [7, 11) is -2.36. The Balaban J connectivity index is 2.36. The van der Waals surface area contributed by atoms with Gasteiger partial charge in [-0.1, -0.05) is 11.6 Å². The Kier molecular flexibility index (Phi) is 4.75. The monoisotopic (exact) mass is 393 g/mol. The summed E-state index contributed by atoms with van der Waals surface area (Å²) in [4.78, 5) is 0.0237. The predicted octanol–water partition coefficient (Wildman–Crippen LogP) is 4.05. The topological polar surface area (TPSA) is 55.4 Å². The summed E-state index contributed by atoms with van der Waals surface area (Å²) in [6, 6.07) is 7.72. The Hall–Kier alpha value is -1.31. The zero-order valence-electron chi connectivity index (χ0n) is 10.7. The zero-order chi connectivity index (χ0) is 15.6. The van der Waals surface area contributed by atoms with Gasteiger partial charge < -0.3 is 4.74 Å². The molecule has 2 rings (SSSR count). The molecule has 0 aliphatic rings. The van der Waals surface area contributed by atoms with E-state index in [2.05, 4.69) is 20.7 Å². The van der Waals surface area contributed by atoms with Gasteiger partial charge in [-0.15, -0.1) is 0 Å². The molecule has 8 heteroatoms. The highest BCUT2D eigenvalue weighted by Gasteiger charge is 2.17. The molecule has 0 aromatic heterocycles. The molecule has 0 saturated heterocycles. The van der Waals surface area contributed by atoms with Gasteiger partial charge >= 0.3 is 0 Å². The standard InChI is InChI=1S/C13H10BrClFNO3S/c1-20-13-5-3-9(7-10(13)14)21(18,19)17-12-4-2-8(16)6-11(12)15/h2-7,17H,1H3. The lowest BCUT2D eigenvalue weighted by atomic mass is 10.3. The van der Waals surface area contributed by atoms with E-state index < -0.39 is 15.8 Å². The fourth-order valence-electron chi connectivity index (χ4n) is 1.59. The highest BCUT2D eigenvalue weighted by atomic mass is 79.9. The van der Waals surface area contributed by atoms with Crippen LogP contribution in [0.2, 0.25) is 5.02 Å². The molecule has 0 bridgehead atoms. The summed E-state index contributed by atoms with van der Waals surface area (Å²) in [6.45, 7) is 0. The third kappa shape index (κ3) is 3.66. The molecule has 0 heterocycles. The third-order valence-electron chi connectivity index (χ3n) is 2.61. The summed E-state index contributed by atoms with van der Waals surface area (Å²) in [5, 5.41) is -0.0221. The average molecular weight is 395 g/mol. The van der Waals surface area contributed by atoms with Crippen LogP contribution in [0, 0.1) is 5.82 Å². The molecule has 0 aliphatic carbocycles. The molecular weight excluding hydrogens is 385 g/mol. The van der Waals surface area contributed by atoms with Gasteiger partial charge in [0.05, 0.1) is 27.2 Å². The number of nitrogens with one attached hydrogen (secondary N) is 1. The number of sulfonamides is 1. The molecular formula is C13H10BrClFNO3S. The zero-order valence-corrected chi connectivity index (χ0v) is 13.9. The van der Waals surface area contributed by atoms with Crippen molar-refractivity contribution >= 4 is 43.2 Å². The largest absolute Gasteiger partial charge is 0.496 e. The number of anilines is 1. The highest BCUT2D eigenvalue weighted by molar-refractivity contribution is 9.10. The van der Waals surface area contributed by atoms with Gasteiger partial charge in [0, 0.05) is 0 Å². The van der Waals surface area contributed by atoms with Crippen molar-refractivity contribution < 1.29 is 17.5 Å². The normalized spacial score (nSPS) is 11.2. The summed E-state index contributed by atoms with van der Waals surface area (Å²) in [6.07, 6.45) is 0. The van der Waals surface area contributed by atoms with E-state index in [0.717, 1.165) is 12.1 Å². The summed E-state index contributed by atoms with van der Waals surface area (Å²) < 4.78 is 45.3. The minimum Gasteiger partial charge on any atom is -0.496 e. The van der Waals surface area contributed by atoms with Gasteiger partial charge in [-0.3, -0.25) is 4.72 Å². The van der Waals surface area contributed by atoms with Crippen LogP contribution >= 0.6 is 27.5 Å². The Morgan fingerprint density at radius 2 is 1.95 bits per heavy atom. The van der Waals surface area contributed by atoms with Crippen LogP contribution in [0.1, 0.15) is 0 Å². The number of hydrogen-bond donors (Lipinski definition) is 1. The van der Waals surface area contributed by atoms with E-state index in [1.54, 1.807) is 0 Å². The van der Waals surface area contributed by atoms with Gasteiger partial charge in [-0.2, -0.15) is 0 Å². The number of ether oxygens (including phenoxy) is 1. The first-order valence-electron chi connectivity index (χ1n) is 5.65. The Labute approximate surface area is 135 Å². The molecule has 0 aliphatic heterocycles. The lowest BCUT2D eigenvalue weighted by molar-refractivity contribution is 0.411. The maximum absolute atomic E-state index is 13.0. The van der Waals surface area contributed by atoms with Crippen LogP contribution in [0.5, 0.6) is 5.75 Å². The number of hydrogen-bond acceptors (Lipinski definition) is 3. The molecule has 0 saturated carbocycles. The van der Waals surface area contributed by atoms with Crippen molar-refractivity contribution in [2.75, 3.05) is 11.8 Å². The lowest BCUT2D eigenvalue weighted by Crippen LogP contribution is -2.13. The second kappa shape index (κ2) is 6.21. The van der Waals surface area contributed by atoms with Gasteiger partial charge in [0.2, 0.25) is 0 Å². The van der Waals surface area contributed by atoms with Crippen molar-refractivity contribution in [3.63, 3.8) is 0 Å². The van der Waals surface area contributed by atoms with E-state index >= 15 is 0 Å². The Morgan fingerprint density at radius 3 is 2.52 bits per heavy atom. The lowest BCUT2D eigenvalue weighted by Gasteiger charge is -2.11. The fraction of sp³-hybridized carbons (Fsp3) is 0.0769. The van der Waals surface area contributed by atoms with Gasteiger partial charge in [-0.25, -0.2) is 12.8 Å². The smallest absolute Gasteiger partial charge is 0.261 e. The molecule has 4 nitrogen and oxygen atoms in total. The van der Waals surface area contributed by atoms with Crippen LogP contribution in [0.4, 0.5) is 10.1 Å². The number of rotatable bonds is 4. The minimum absolute atomic E-state index is 0.0221. The second-order valence-corrected chi connectivity index (χ2v) is 6.97. The van der Waals surface area contributed by atoms with Crippen molar-refractivity contribution in [1.29, 1.82) is 0 Å². The molecule has 0 unspecified atom stereocenters. The maximum atomic E-state index is 13.0. The van der Waals surface area contributed by atoms with E-state index in [4.69, 9.17) is 16.3 Å². The number of methoxy groups -OCH3 is 1. The van der Waals surface area contributed by atoms with Gasteiger partial charge in [0.1, 0.15) is 11.6 Å². The minimum atomic E-state index is -3.84. The van der Waals surface area contributed by atoms with E-state index in [1.165, 1.54) is 31.4 Å². The van der Waals surface area contributed by atoms with E-state index in [9.17, 15) is 12.8 Å². The quantitative estimate of drug-likeness (QED) is 0.851. The van der Waals surface area contributed by atoms with Gasteiger partial charge in [0.25, 0.3) is 10.0 Å². The van der Waals surface area contributed by atoms with Crippen molar-refractivity contribution in [2.45, 2.75) is 4.90 Å². The van der Waals surface area contributed by atoms with E-state index in [-0.39, 0.29) is 15.6 Å². The number of benzene rings is 2. The van der Waals surface area contributed by atoms with Gasteiger partial charge in [-0.05, 0) is 52.3 Å². The molecule has 21 heavy (non-hydrogen) atoms. The number of halogens is 3. The van der Waals surface area contributed by atoms with Crippen LogP contribution in [0.3, 0.4) is 0 Å². The average Bonchev–Trinajstić information content (AvgIpc) is 2.42. The first kappa shape index (κ1) is 16.1. The van der Waals surface area contributed by atoms with Crippen molar-refractivity contribution in [3.05, 3.63) is 51.7 Å². The van der Waals surface area contributed by atoms with Crippen molar-refractivity contribution in [1.82, 2.24) is 0 Å². The molecule has 2 aromatic carbocycles. The highest BCUT2D eigenvalue weighted by Crippen LogP contribution is 2.30. The van der Waals surface area contributed by atoms with Crippen LogP contribution in [-0.2, 0) is 10.0 Å². The van der Waals surface area contributed by atoms with Crippen molar-refractivity contribution in [2.24, 2.45) is 0 Å². The Morgan fingerprint density at radius 1 is 1.24 bits per heavy atom. The molecule has 2 aromatic rings. The van der Waals surface area contributed by atoms with Gasteiger partial charge in [0.15, 0.2) is 0 Å². The second-order valence-electron chi connectivity index (χ2n) is 4.03. The molecule has 112 valence electrons. The molecule has 0 amide bonds. The first-order valence-corrected chi connectivity index (χ1v) is 8.30. The predicted molar refractivity (Wildman–Crippen MR) is 82.9 cm³/mol. The maximum Gasteiger partial charge on any atom is 0.261 e. The molecule has 0 atom stereocenters. The van der Waals surface area contributed by atoms with Crippen LogP contribution in [0.15, 0.2) is 45.8 Å². The molecule has 0 radical (unpaired) electrons. The molecule has 0 spiro atoms. The summed E-state index contributed by atoms with van der Waals surface area (Å²) in [5.41, 5.74) is 0.102. The van der Waals surface area contributed by atoms with Crippen LogP contribution in [0.25, 0.3) is 0 Å². The summed E-state index contributed by atoms with van der Waals surface area (Å²) in [5.74, 6) is -0.0381. The van der Waals surface area contributed by atoms with Crippen molar-refractivity contribution in [3.8, 4) is 5.75 Å². The first-order chi connectivity index (χ1) is 9.83. The van der Waals surface area contributed by atoms with E-state index in [0.29, 0.717) is 10.2 Å². The summed E-state index contributed by atoms with van der Waals surface area (Å²) >= 11 is 9.02. The van der Waals surface area contributed by atoms with Crippen LogP contribution in [-0.4, -0.2) is 15.5 Å². The van der Waals surface area contributed by atoms with Crippen LogP contribution < -0.4 is 9.46 Å². The fourth-order valence-corrected chi connectivity index (χ4v) is 3.66.